The largest absolute Gasteiger partial charge is 0.495 e. The second-order valence-corrected chi connectivity index (χ2v) is 4.32. The van der Waals surface area contributed by atoms with Gasteiger partial charge in [-0.1, -0.05) is 6.07 Å². The third kappa shape index (κ3) is 3.03. The van der Waals surface area contributed by atoms with E-state index in [1.54, 1.807) is 14.0 Å². The Morgan fingerprint density at radius 3 is 2.65 bits per heavy atom. The van der Waals surface area contributed by atoms with Crippen LogP contribution in [0.5, 0.6) is 5.75 Å². The van der Waals surface area contributed by atoms with Gasteiger partial charge in [0.15, 0.2) is 5.69 Å². The SMILES string of the molecule is COc1ccc(C)cc1Nc1cc(C(=O)O)nc(C)n1. The van der Waals surface area contributed by atoms with Crippen LogP contribution in [-0.2, 0) is 0 Å². The molecule has 1 aromatic heterocycles. The van der Waals surface area contributed by atoms with Crippen LogP contribution < -0.4 is 10.1 Å². The highest BCUT2D eigenvalue weighted by Gasteiger charge is 2.10. The van der Waals surface area contributed by atoms with Crippen molar-refractivity contribution in [2.45, 2.75) is 13.8 Å². The van der Waals surface area contributed by atoms with Gasteiger partial charge in [0.25, 0.3) is 0 Å². The Bertz CT molecular complexity index is 656. The average molecular weight is 273 g/mol. The molecule has 0 saturated heterocycles. The van der Waals surface area contributed by atoms with Crippen molar-refractivity contribution in [3.63, 3.8) is 0 Å². The third-order valence-corrected chi connectivity index (χ3v) is 2.67. The van der Waals surface area contributed by atoms with Gasteiger partial charge in [-0.25, -0.2) is 14.8 Å². The Labute approximate surface area is 116 Å². The van der Waals surface area contributed by atoms with Crippen molar-refractivity contribution in [3.8, 4) is 5.75 Å². The Morgan fingerprint density at radius 1 is 1.25 bits per heavy atom. The second-order valence-electron chi connectivity index (χ2n) is 4.32. The maximum absolute atomic E-state index is 11.0. The van der Waals surface area contributed by atoms with E-state index in [2.05, 4.69) is 15.3 Å². The van der Waals surface area contributed by atoms with Gasteiger partial charge in [0.1, 0.15) is 17.4 Å². The number of methoxy groups -OCH3 is 1. The van der Waals surface area contributed by atoms with Gasteiger partial charge >= 0.3 is 5.97 Å². The number of benzene rings is 1. The van der Waals surface area contributed by atoms with Gasteiger partial charge in [-0.05, 0) is 31.5 Å². The Balaban J connectivity index is 2.39. The second kappa shape index (κ2) is 5.56. The lowest BCUT2D eigenvalue weighted by atomic mass is 10.2. The highest BCUT2D eigenvalue weighted by Crippen LogP contribution is 2.28. The first kappa shape index (κ1) is 13.8. The predicted molar refractivity (Wildman–Crippen MR) is 74.7 cm³/mol. The van der Waals surface area contributed by atoms with Crippen LogP contribution in [0.15, 0.2) is 24.3 Å². The fourth-order valence-corrected chi connectivity index (χ4v) is 1.80. The van der Waals surface area contributed by atoms with E-state index in [0.717, 1.165) is 11.3 Å². The minimum Gasteiger partial charge on any atom is -0.495 e. The minimum atomic E-state index is -1.09. The van der Waals surface area contributed by atoms with Crippen molar-refractivity contribution >= 4 is 17.5 Å². The number of aromatic nitrogens is 2. The summed E-state index contributed by atoms with van der Waals surface area (Å²) in [5.74, 6) is 0.372. The minimum absolute atomic E-state index is 0.0494. The first-order chi connectivity index (χ1) is 9.49. The molecular formula is C14H15N3O3. The smallest absolute Gasteiger partial charge is 0.354 e. The van der Waals surface area contributed by atoms with E-state index >= 15 is 0 Å². The Morgan fingerprint density at radius 2 is 2.00 bits per heavy atom. The quantitative estimate of drug-likeness (QED) is 0.890. The summed E-state index contributed by atoms with van der Waals surface area (Å²) in [5, 5.41) is 12.1. The van der Waals surface area contributed by atoms with Crippen LogP contribution >= 0.6 is 0 Å². The lowest BCUT2D eigenvalue weighted by Gasteiger charge is -2.12. The lowest BCUT2D eigenvalue weighted by Crippen LogP contribution is -2.06. The summed E-state index contributed by atoms with van der Waals surface area (Å²) in [7, 11) is 1.57. The Kier molecular flexibility index (Phi) is 3.84. The van der Waals surface area contributed by atoms with Crippen LogP contribution in [0.25, 0.3) is 0 Å². The summed E-state index contributed by atoms with van der Waals surface area (Å²) in [5.41, 5.74) is 1.73. The van der Waals surface area contributed by atoms with Gasteiger partial charge in [0.05, 0.1) is 12.8 Å². The zero-order valence-corrected chi connectivity index (χ0v) is 11.5. The Hall–Kier alpha value is -2.63. The number of rotatable bonds is 4. The zero-order chi connectivity index (χ0) is 14.7. The number of anilines is 2. The van der Waals surface area contributed by atoms with Crippen molar-refractivity contribution in [1.29, 1.82) is 0 Å². The van der Waals surface area contributed by atoms with Crippen LogP contribution in [0, 0.1) is 13.8 Å². The standard InChI is InChI=1S/C14H15N3O3/c1-8-4-5-12(20-3)10(6-8)17-13-7-11(14(18)19)15-9(2)16-13/h4-7H,1-3H3,(H,18,19)(H,15,16,17). The molecule has 2 rings (SSSR count). The molecule has 0 fully saturated rings. The molecule has 0 radical (unpaired) electrons. The molecule has 0 atom stereocenters. The van der Waals surface area contributed by atoms with E-state index < -0.39 is 5.97 Å². The van der Waals surface area contributed by atoms with Crippen LogP contribution in [0.2, 0.25) is 0 Å². The fourth-order valence-electron chi connectivity index (χ4n) is 1.80. The monoisotopic (exact) mass is 273 g/mol. The van der Waals surface area contributed by atoms with Gasteiger partial charge in [0, 0.05) is 6.07 Å². The number of hydrogen-bond donors (Lipinski definition) is 2. The van der Waals surface area contributed by atoms with Gasteiger partial charge < -0.3 is 15.2 Å². The molecule has 104 valence electrons. The highest BCUT2D eigenvalue weighted by molar-refractivity contribution is 5.86. The molecule has 0 aliphatic carbocycles. The molecule has 0 bridgehead atoms. The molecule has 0 saturated carbocycles. The van der Waals surface area contributed by atoms with Crippen molar-refractivity contribution in [1.82, 2.24) is 9.97 Å². The lowest BCUT2D eigenvalue weighted by molar-refractivity contribution is 0.0690. The summed E-state index contributed by atoms with van der Waals surface area (Å²) >= 11 is 0. The molecule has 1 heterocycles. The van der Waals surface area contributed by atoms with Crippen molar-refractivity contribution in [3.05, 3.63) is 41.3 Å². The first-order valence-electron chi connectivity index (χ1n) is 6.00. The topological polar surface area (TPSA) is 84.3 Å². The summed E-state index contributed by atoms with van der Waals surface area (Å²) in [6, 6.07) is 7.05. The molecule has 0 aliphatic rings. The molecule has 1 aromatic carbocycles. The fraction of sp³-hybridized carbons (Fsp3) is 0.214. The molecule has 2 aromatic rings. The number of nitrogens with zero attached hydrogens (tertiary/aromatic N) is 2. The van der Waals surface area contributed by atoms with Crippen LogP contribution in [-0.4, -0.2) is 28.2 Å². The third-order valence-electron chi connectivity index (χ3n) is 2.67. The van der Waals surface area contributed by atoms with Gasteiger partial charge in [-0.15, -0.1) is 0 Å². The number of aromatic carboxylic acids is 1. The van der Waals surface area contributed by atoms with Crippen molar-refractivity contribution < 1.29 is 14.6 Å². The van der Waals surface area contributed by atoms with E-state index in [9.17, 15) is 4.79 Å². The maximum atomic E-state index is 11.0. The summed E-state index contributed by atoms with van der Waals surface area (Å²) in [6.07, 6.45) is 0. The van der Waals surface area contributed by atoms with Gasteiger partial charge in [0.2, 0.25) is 0 Å². The number of ether oxygens (including phenoxy) is 1. The molecule has 20 heavy (non-hydrogen) atoms. The zero-order valence-electron chi connectivity index (χ0n) is 11.5. The summed E-state index contributed by atoms with van der Waals surface area (Å²) in [6.45, 7) is 3.60. The van der Waals surface area contributed by atoms with Gasteiger partial charge in [-0.3, -0.25) is 0 Å². The van der Waals surface area contributed by atoms with Gasteiger partial charge in [-0.2, -0.15) is 0 Å². The predicted octanol–water partition coefficient (Wildman–Crippen LogP) is 2.54. The van der Waals surface area contributed by atoms with Crippen LogP contribution in [0.3, 0.4) is 0 Å². The van der Waals surface area contributed by atoms with E-state index in [-0.39, 0.29) is 5.69 Å². The van der Waals surface area contributed by atoms with Crippen molar-refractivity contribution in [2.24, 2.45) is 0 Å². The van der Waals surface area contributed by atoms with E-state index in [1.807, 2.05) is 25.1 Å². The number of carboxylic acids is 1. The molecule has 0 aliphatic heterocycles. The highest BCUT2D eigenvalue weighted by atomic mass is 16.5. The van der Waals surface area contributed by atoms with E-state index in [0.29, 0.717) is 17.4 Å². The molecule has 0 unspecified atom stereocenters. The number of nitrogens with one attached hydrogen (secondary N) is 1. The van der Waals surface area contributed by atoms with E-state index in [1.165, 1.54) is 6.07 Å². The summed E-state index contributed by atoms with van der Waals surface area (Å²) < 4.78 is 5.26. The number of carboxylic acid groups (broad SMARTS) is 1. The normalized spacial score (nSPS) is 10.2. The molecule has 6 heteroatoms. The molecule has 0 spiro atoms. The molecule has 6 nitrogen and oxygen atoms in total. The first-order valence-corrected chi connectivity index (χ1v) is 6.00. The van der Waals surface area contributed by atoms with Crippen LogP contribution in [0.4, 0.5) is 11.5 Å². The molecular weight excluding hydrogens is 258 g/mol. The van der Waals surface area contributed by atoms with E-state index in [4.69, 9.17) is 9.84 Å². The molecule has 0 amide bonds. The number of carbonyl (C=O) groups is 1. The van der Waals surface area contributed by atoms with Crippen LogP contribution in [0.1, 0.15) is 21.9 Å². The van der Waals surface area contributed by atoms with Crippen molar-refractivity contribution in [2.75, 3.05) is 12.4 Å². The maximum Gasteiger partial charge on any atom is 0.354 e. The average Bonchev–Trinajstić information content (AvgIpc) is 2.38. The number of hydrogen-bond acceptors (Lipinski definition) is 5. The number of aryl methyl sites for hydroxylation is 2. The molecule has 2 N–H and O–H groups in total. The summed E-state index contributed by atoms with van der Waals surface area (Å²) in [4.78, 5) is 19.0.